The van der Waals surface area contributed by atoms with Gasteiger partial charge in [-0.3, -0.25) is 0 Å². The summed E-state index contributed by atoms with van der Waals surface area (Å²) >= 11 is 0. The van der Waals surface area contributed by atoms with Crippen LogP contribution in [0.3, 0.4) is 0 Å². The van der Waals surface area contributed by atoms with E-state index in [1.165, 1.54) is 24.3 Å². The van der Waals surface area contributed by atoms with Crippen molar-refractivity contribution in [2.24, 2.45) is 0 Å². The molecule has 0 unspecified atom stereocenters. The van der Waals surface area contributed by atoms with Crippen LogP contribution in [0.5, 0.6) is 0 Å². The lowest BCUT2D eigenvalue weighted by atomic mass is 10.3. The fourth-order valence-corrected chi connectivity index (χ4v) is 4.46. The van der Waals surface area contributed by atoms with Crippen molar-refractivity contribution in [2.45, 2.75) is 14.7 Å². The quantitative estimate of drug-likeness (QED) is 0.414. The molecule has 0 spiro atoms. The molecule has 0 heterocycles. The highest BCUT2D eigenvalue weighted by Gasteiger charge is 2.40. The van der Waals surface area contributed by atoms with E-state index in [4.69, 9.17) is 0 Å². The van der Waals surface area contributed by atoms with E-state index in [1.807, 2.05) is 0 Å². The van der Waals surface area contributed by atoms with Crippen LogP contribution in [0.1, 0.15) is 0 Å². The van der Waals surface area contributed by atoms with E-state index in [0.29, 0.717) is 24.3 Å². The van der Waals surface area contributed by atoms with Crippen LogP contribution < -0.4 is 0 Å². The number of hydrogen-bond acceptors (Lipinski definition) is 0. The van der Waals surface area contributed by atoms with Crippen molar-refractivity contribution in [1.82, 2.24) is 0 Å². The fraction of sp³-hybridized carbons (Fsp3) is 0. The Balaban J connectivity index is 2.34. The van der Waals surface area contributed by atoms with Gasteiger partial charge in [0.15, 0.2) is 28.2 Å². The molecule has 25 heavy (non-hydrogen) atoms. The van der Waals surface area contributed by atoms with Gasteiger partial charge >= 0.3 is 0 Å². The maximum Gasteiger partial charge on any atom is 0.237 e. The van der Waals surface area contributed by atoms with E-state index in [-0.39, 0.29) is 4.90 Å². The predicted octanol–water partition coefficient (Wildman–Crippen LogP) is 5.62. The van der Waals surface area contributed by atoms with Crippen LogP contribution in [0.4, 0.5) is 26.3 Å². The first-order chi connectivity index (χ1) is 11.9. The first-order valence-electron chi connectivity index (χ1n) is 6.97. The topological polar surface area (TPSA) is 0 Å². The Kier molecular flexibility index (Phi) is 4.76. The molecule has 3 rings (SSSR count). The van der Waals surface area contributed by atoms with Gasteiger partial charge in [-0.15, -0.1) is 0 Å². The molecule has 0 fully saturated rings. The first kappa shape index (κ1) is 17.4. The third-order valence-corrected chi connectivity index (χ3v) is 5.65. The van der Waals surface area contributed by atoms with Crippen LogP contribution in [0.25, 0.3) is 0 Å². The Hall–Kier alpha value is -2.41. The van der Waals surface area contributed by atoms with E-state index in [9.17, 15) is 26.3 Å². The average molecular weight is 371 g/mol. The van der Waals surface area contributed by atoms with Crippen LogP contribution in [-0.2, 0) is 10.9 Å². The lowest BCUT2D eigenvalue weighted by Crippen LogP contribution is -2.14. The Bertz CT molecular complexity index is 823. The molecule has 0 N–H and O–H groups in total. The van der Waals surface area contributed by atoms with Gasteiger partial charge in [-0.1, -0.05) is 18.2 Å². The lowest BCUT2D eigenvalue weighted by molar-refractivity contribution is 0.501. The summed E-state index contributed by atoms with van der Waals surface area (Å²) < 4.78 is 83.6. The molecule has 0 nitrogen and oxygen atoms in total. The van der Waals surface area contributed by atoms with Crippen molar-refractivity contribution >= 4 is 10.9 Å². The van der Waals surface area contributed by atoms with Crippen molar-refractivity contribution in [1.29, 1.82) is 0 Å². The zero-order chi connectivity index (χ0) is 18.1. The number of rotatable bonds is 3. The van der Waals surface area contributed by atoms with Crippen molar-refractivity contribution in [3.8, 4) is 0 Å². The molecular formula is C18H9F6S+. The average Bonchev–Trinajstić information content (AvgIpc) is 2.52. The minimum Gasteiger partial charge on any atom is -0.207 e. The van der Waals surface area contributed by atoms with Crippen molar-refractivity contribution in [3.63, 3.8) is 0 Å². The minimum atomic E-state index is -1.91. The molecule has 0 atom stereocenters. The summed E-state index contributed by atoms with van der Waals surface area (Å²) in [5, 5.41) is 0. The summed E-state index contributed by atoms with van der Waals surface area (Å²) in [6.07, 6.45) is 0. The Morgan fingerprint density at radius 3 is 1.24 bits per heavy atom. The summed E-state index contributed by atoms with van der Waals surface area (Å²) in [4.78, 5) is -1.20. The molecule has 0 aromatic heterocycles. The van der Waals surface area contributed by atoms with Gasteiger partial charge in [-0.25, -0.2) is 26.3 Å². The molecule has 0 aliphatic carbocycles. The molecular weight excluding hydrogens is 362 g/mol. The highest BCUT2D eigenvalue weighted by Crippen LogP contribution is 2.37. The van der Waals surface area contributed by atoms with E-state index >= 15 is 0 Å². The molecule has 0 bridgehead atoms. The van der Waals surface area contributed by atoms with Crippen LogP contribution in [0.2, 0.25) is 0 Å². The van der Waals surface area contributed by atoms with E-state index < -0.39 is 55.6 Å². The van der Waals surface area contributed by atoms with Crippen LogP contribution >= 0.6 is 0 Å². The second-order valence-electron chi connectivity index (χ2n) is 5.02. The van der Waals surface area contributed by atoms with Crippen molar-refractivity contribution in [3.05, 3.63) is 89.5 Å². The first-order valence-corrected chi connectivity index (χ1v) is 8.19. The second-order valence-corrected chi connectivity index (χ2v) is 6.92. The summed E-state index contributed by atoms with van der Waals surface area (Å²) in [6.45, 7) is 0. The molecule has 0 aliphatic heterocycles. The van der Waals surface area contributed by atoms with E-state index in [1.54, 1.807) is 6.07 Å². The zero-order valence-electron chi connectivity index (χ0n) is 12.4. The third kappa shape index (κ3) is 3.37. The van der Waals surface area contributed by atoms with Gasteiger partial charge in [0, 0.05) is 24.3 Å². The monoisotopic (exact) mass is 371 g/mol. The minimum absolute atomic E-state index is 0.191. The highest BCUT2D eigenvalue weighted by atomic mass is 32.2. The molecule has 7 heteroatoms. The Morgan fingerprint density at radius 1 is 0.520 bits per heavy atom. The van der Waals surface area contributed by atoms with Crippen LogP contribution in [0, 0.1) is 34.9 Å². The lowest BCUT2D eigenvalue weighted by Gasteiger charge is -2.11. The number of halogens is 6. The van der Waals surface area contributed by atoms with Crippen molar-refractivity contribution in [2.75, 3.05) is 0 Å². The van der Waals surface area contributed by atoms with Crippen molar-refractivity contribution < 1.29 is 26.3 Å². The molecule has 0 amide bonds. The molecule has 0 saturated heterocycles. The molecule has 0 aliphatic rings. The van der Waals surface area contributed by atoms with E-state index in [2.05, 4.69) is 0 Å². The Morgan fingerprint density at radius 2 is 0.880 bits per heavy atom. The highest BCUT2D eigenvalue weighted by molar-refractivity contribution is 7.97. The SMILES string of the molecule is Fc1cc(F)c([S+](c2ccccc2)c2c(F)cc(F)cc2F)c(F)c1. The maximum atomic E-state index is 14.3. The summed E-state index contributed by atoms with van der Waals surface area (Å²) in [5.41, 5.74) is 0. The molecule has 3 aromatic rings. The van der Waals surface area contributed by atoms with Crippen LogP contribution in [0.15, 0.2) is 69.3 Å². The number of hydrogen-bond donors (Lipinski definition) is 0. The molecule has 3 aromatic carbocycles. The smallest absolute Gasteiger partial charge is 0.207 e. The summed E-state index contributed by atoms with van der Waals surface area (Å²) in [6, 6.07) is 9.23. The van der Waals surface area contributed by atoms with Gasteiger partial charge in [-0.05, 0) is 12.1 Å². The standard InChI is InChI=1S/C18H9F6S/c19-10-6-13(21)17(14(22)7-10)25(12-4-2-1-3-5-12)18-15(23)8-11(20)9-16(18)24/h1-9H/q+1. The summed E-state index contributed by atoms with van der Waals surface area (Å²) in [5.74, 6) is -7.45. The summed E-state index contributed by atoms with van der Waals surface area (Å²) in [7, 11) is -1.91. The zero-order valence-corrected chi connectivity index (χ0v) is 13.2. The molecule has 0 radical (unpaired) electrons. The van der Waals surface area contributed by atoms with Gasteiger partial charge < -0.3 is 0 Å². The second kappa shape index (κ2) is 6.84. The van der Waals surface area contributed by atoms with Crippen LogP contribution in [-0.4, -0.2) is 0 Å². The van der Waals surface area contributed by atoms with Gasteiger partial charge in [0.25, 0.3) is 0 Å². The maximum absolute atomic E-state index is 14.3. The molecule has 128 valence electrons. The Labute approximate surface area is 142 Å². The third-order valence-electron chi connectivity index (χ3n) is 3.31. The van der Waals surface area contributed by atoms with Gasteiger partial charge in [0.1, 0.15) is 22.5 Å². The molecule has 0 saturated carbocycles. The largest absolute Gasteiger partial charge is 0.237 e. The van der Waals surface area contributed by atoms with Gasteiger partial charge in [0.05, 0.1) is 0 Å². The van der Waals surface area contributed by atoms with E-state index in [0.717, 1.165) is 0 Å². The van der Waals surface area contributed by atoms with Gasteiger partial charge in [-0.2, -0.15) is 0 Å². The number of benzene rings is 3. The normalized spacial score (nSPS) is 11.2. The fourth-order valence-electron chi connectivity index (χ4n) is 2.34. The van der Waals surface area contributed by atoms with Gasteiger partial charge in [0.2, 0.25) is 9.79 Å². The predicted molar refractivity (Wildman–Crippen MR) is 81.2 cm³/mol.